The quantitative estimate of drug-likeness (QED) is 0.119. The average molecular weight is 999 g/mol. The molecule has 390 valence electrons. The van der Waals surface area contributed by atoms with Crippen molar-refractivity contribution in [3.63, 3.8) is 0 Å². The Balaban J connectivity index is 0.930. The van der Waals surface area contributed by atoms with Gasteiger partial charge in [-0.05, 0) is 95.2 Å². The highest BCUT2D eigenvalue weighted by molar-refractivity contribution is 6.05. The zero-order chi connectivity index (χ0) is 51.6. The van der Waals surface area contributed by atoms with Gasteiger partial charge in [0.25, 0.3) is 35.4 Å². The molecule has 0 spiro atoms. The summed E-state index contributed by atoms with van der Waals surface area (Å²) in [6, 6.07) is 8.39. The Hall–Kier alpha value is -6.80. The maximum atomic E-state index is 13.9. The van der Waals surface area contributed by atoms with E-state index in [1.165, 1.54) is 66.9 Å². The fourth-order valence-corrected chi connectivity index (χ4v) is 10.1. The van der Waals surface area contributed by atoms with Crippen LogP contribution in [0, 0.1) is 0 Å². The summed E-state index contributed by atoms with van der Waals surface area (Å²) in [5, 5.41) is 12.4. The van der Waals surface area contributed by atoms with Gasteiger partial charge >= 0.3 is 0 Å². The molecule has 2 heterocycles. The highest BCUT2D eigenvalue weighted by Gasteiger charge is 2.33. The molecule has 2 saturated carbocycles. The summed E-state index contributed by atoms with van der Waals surface area (Å²) < 4.78 is 33.4. The third-order valence-electron chi connectivity index (χ3n) is 14.5. The molecule has 4 fully saturated rings. The summed E-state index contributed by atoms with van der Waals surface area (Å²) in [6.45, 7) is 2.05. The standard InChI is InChI=1S/C52H70N8O12/c1-67-41-26-42(68-2)36(48(62)56-32-9-13-34(14-10-32)58-50(64)38-25-40(46(72-6)28-44(38)70-4)52(66)60-21-17-30(54)18-22-60)23-35(41)47(61)55-31-7-11-33(12-8-31)57-49(63)37-24-39(45(71-5)27-43(37)69-3)51(65)59-19-15-29(53)16-20-59/h23-34H,7-22,53-54H2,1-6H3,(H,55,61)(H,56,62)(H,57,63)(H,58,64)/t31-,32-,33+,34+. The lowest BCUT2D eigenvalue weighted by Crippen LogP contribution is -2.44. The minimum absolute atomic E-state index is 0.0456. The van der Waals surface area contributed by atoms with E-state index in [2.05, 4.69) is 21.3 Å². The second kappa shape index (κ2) is 24.1. The zero-order valence-electron chi connectivity index (χ0n) is 42.2. The van der Waals surface area contributed by atoms with Crippen molar-refractivity contribution in [3.8, 4) is 34.5 Å². The Labute approximate surface area is 420 Å². The second-order valence-electron chi connectivity index (χ2n) is 19.0. The first kappa shape index (κ1) is 53.0. The van der Waals surface area contributed by atoms with Gasteiger partial charge in [0.05, 0.1) is 76.0 Å². The largest absolute Gasteiger partial charge is 0.496 e. The highest BCUT2D eigenvalue weighted by Crippen LogP contribution is 2.35. The predicted molar refractivity (Wildman–Crippen MR) is 267 cm³/mol. The molecule has 20 heteroatoms. The first-order valence-electron chi connectivity index (χ1n) is 24.8. The van der Waals surface area contributed by atoms with Crippen molar-refractivity contribution in [3.05, 3.63) is 69.8 Å². The number of amides is 6. The molecule has 0 atom stereocenters. The SMILES string of the molecule is COc1cc(OC)c(C(=O)N[C@H]2CC[C@@H](NC(=O)c3cc(C(=O)N4CCC(N)CC4)c(OC)cc3OC)CC2)cc1C(=O)N[C@H]1CC[C@@H](NC(=O)c2cc(C(=O)N3CCC(N)CC3)c(OC)cc2OC)CC1. The number of likely N-dealkylation sites (tertiary alicyclic amines) is 2. The van der Waals surface area contributed by atoms with E-state index < -0.39 is 11.8 Å². The van der Waals surface area contributed by atoms with Crippen molar-refractivity contribution in [1.82, 2.24) is 31.1 Å². The second-order valence-corrected chi connectivity index (χ2v) is 19.0. The topological polar surface area (TPSA) is 264 Å². The van der Waals surface area contributed by atoms with Gasteiger partial charge in [-0.3, -0.25) is 28.8 Å². The van der Waals surface area contributed by atoms with E-state index in [-0.39, 0.29) is 116 Å². The van der Waals surface area contributed by atoms with Crippen LogP contribution in [0.3, 0.4) is 0 Å². The number of ether oxygens (including phenoxy) is 6. The van der Waals surface area contributed by atoms with Crippen LogP contribution in [0.15, 0.2) is 36.4 Å². The number of hydrogen-bond donors (Lipinski definition) is 6. The number of nitrogens with two attached hydrogens (primary N) is 2. The first-order chi connectivity index (χ1) is 34.7. The number of carbonyl (C=O) groups is 6. The Morgan fingerprint density at radius 3 is 0.792 bits per heavy atom. The fourth-order valence-electron chi connectivity index (χ4n) is 10.1. The van der Waals surface area contributed by atoms with Crippen molar-refractivity contribution >= 4 is 35.4 Å². The van der Waals surface area contributed by atoms with Crippen LogP contribution in [-0.4, -0.2) is 150 Å². The summed E-state index contributed by atoms with van der Waals surface area (Å²) in [4.78, 5) is 85.9. The molecule has 0 bridgehead atoms. The molecule has 0 aromatic heterocycles. The lowest BCUT2D eigenvalue weighted by molar-refractivity contribution is 0.0702. The third kappa shape index (κ3) is 12.3. The molecule has 7 rings (SSSR count). The molecule has 8 N–H and O–H groups in total. The monoisotopic (exact) mass is 999 g/mol. The van der Waals surface area contributed by atoms with Gasteiger partial charge in [0, 0.05) is 80.6 Å². The number of piperidine rings is 2. The molecule has 4 aliphatic rings. The van der Waals surface area contributed by atoms with E-state index >= 15 is 0 Å². The molecule has 2 aliphatic heterocycles. The minimum atomic E-state index is -0.427. The van der Waals surface area contributed by atoms with Gasteiger partial charge in [0.1, 0.15) is 34.5 Å². The third-order valence-corrected chi connectivity index (χ3v) is 14.5. The van der Waals surface area contributed by atoms with E-state index in [0.29, 0.717) is 115 Å². The summed E-state index contributed by atoms with van der Waals surface area (Å²) in [7, 11) is 8.71. The van der Waals surface area contributed by atoms with E-state index in [1.54, 1.807) is 21.9 Å². The van der Waals surface area contributed by atoms with Crippen LogP contribution in [-0.2, 0) is 0 Å². The smallest absolute Gasteiger partial charge is 0.257 e. The lowest BCUT2D eigenvalue weighted by Gasteiger charge is -2.31. The molecule has 3 aromatic rings. The number of benzene rings is 3. The van der Waals surface area contributed by atoms with E-state index in [1.807, 2.05) is 0 Å². The van der Waals surface area contributed by atoms with Gasteiger partial charge in [-0.1, -0.05) is 0 Å². The average Bonchev–Trinajstić information content (AvgIpc) is 3.40. The maximum absolute atomic E-state index is 13.9. The van der Waals surface area contributed by atoms with Gasteiger partial charge in [0.15, 0.2) is 0 Å². The van der Waals surface area contributed by atoms with Gasteiger partial charge in [-0.15, -0.1) is 0 Å². The van der Waals surface area contributed by atoms with Crippen LogP contribution < -0.4 is 61.2 Å². The lowest BCUT2D eigenvalue weighted by atomic mass is 9.90. The number of nitrogens with one attached hydrogen (secondary N) is 4. The van der Waals surface area contributed by atoms with Crippen molar-refractivity contribution in [2.24, 2.45) is 11.5 Å². The van der Waals surface area contributed by atoms with Crippen LogP contribution in [0.4, 0.5) is 0 Å². The van der Waals surface area contributed by atoms with Gasteiger partial charge in [0.2, 0.25) is 0 Å². The summed E-state index contributed by atoms with van der Waals surface area (Å²) >= 11 is 0. The molecule has 0 radical (unpaired) electrons. The molecule has 20 nitrogen and oxygen atoms in total. The molecule has 2 saturated heterocycles. The molecular formula is C52H70N8O12. The van der Waals surface area contributed by atoms with Gasteiger partial charge in [-0.25, -0.2) is 0 Å². The van der Waals surface area contributed by atoms with Crippen LogP contribution >= 0.6 is 0 Å². The molecular weight excluding hydrogens is 929 g/mol. The first-order valence-corrected chi connectivity index (χ1v) is 24.8. The van der Waals surface area contributed by atoms with Gasteiger partial charge < -0.3 is 71.0 Å². The number of methoxy groups -OCH3 is 6. The minimum Gasteiger partial charge on any atom is -0.496 e. The zero-order valence-corrected chi connectivity index (χ0v) is 42.2. The van der Waals surface area contributed by atoms with Crippen molar-refractivity contribution in [2.45, 2.75) is 113 Å². The molecule has 6 amide bonds. The maximum Gasteiger partial charge on any atom is 0.257 e. The Kier molecular flexibility index (Phi) is 17.7. The number of hydrogen-bond acceptors (Lipinski definition) is 14. The summed E-state index contributed by atoms with van der Waals surface area (Å²) in [6.07, 6.45) is 7.30. The van der Waals surface area contributed by atoms with E-state index in [4.69, 9.17) is 39.9 Å². The normalized spacial score (nSPS) is 20.6. The predicted octanol–water partition coefficient (Wildman–Crippen LogP) is 3.81. The molecule has 72 heavy (non-hydrogen) atoms. The van der Waals surface area contributed by atoms with Crippen LogP contribution in [0.5, 0.6) is 34.5 Å². The number of nitrogens with zero attached hydrogens (tertiary/aromatic N) is 2. The van der Waals surface area contributed by atoms with Crippen molar-refractivity contribution in [1.29, 1.82) is 0 Å². The summed E-state index contributed by atoms with van der Waals surface area (Å²) in [5.41, 5.74) is 13.4. The van der Waals surface area contributed by atoms with Crippen LogP contribution in [0.2, 0.25) is 0 Å². The number of carbonyl (C=O) groups excluding carboxylic acids is 6. The number of rotatable bonds is 16. The Bertz CT molecular complexity index is 2310. The van der Waals surface area contributed by atoms with Gasteiger partial charge in [-0.2, -0.15) is 0 Å². The van der Waals surface area contributed by atoms with Crippen LogP contribution in [0.25, 0.3) is 0 Å². The fraction of sp³-hybridized carbons (Fsp3) is 0.538. The van der Waals surface area contributed by atoms with Crippen molar-refractivity contribution in [2.75, 3.05) is 68.8 Å². The summed E-state index contributed by atoms with van der Waals surface area (Å²) in [5.74, 6) is -0.492. The molecule has 3 aromatic carbocycles. The highest BCUT2D eigenvalue weighted by atomic mass is 16.5. The molecule has 0 unspecified atom stereocenters. The van der Waals surface area contributed by atoms with E-state index in [0.717, 1.165) is 0 Å². The Morgan fingerprint density at radius 2 is 0.569 bits per heavy atom. The Morgan fingerprint density at radius 1 is 0.361 bits per heavy atom. The van der Waals surface area contributed by atoms with Crippen LogP contribution in [0.1, 0.15) is 139 Å². The van der Waals surface area contributed by atoms with Crippen molar-refractivity contribution < 1.29 is 57.2 Å². The molecule has 2 aliphatic carbocycles. The van der Waals surface area contributed by atoms with E-state index in [9.17, 15) is 28.8 Å².